The maximum Gasteiger partial charge on any atom is 0.416 e. The monoisotopic (exact) mass is 529 g/mol. The van der Waals surface area contributed by atoms with E-state index in [-0.39, 0.29) is 35.7 Å². The zero-order chi connectivity index (χ0) is 26.5. The van der Waals surface area contributed by atoms with Gasteiger partial charge in [-0.25, -0.2) is 9.78 Å². The number of hydrogen-bond acceptors (Lipinski definition) is 7. The van der Waals surface area contributed by atoms with Crippen LogP contribution in [0.25, 0.3) is 11.3 Å². The Kier molecular flexibility index (Phi) is 7.59. The van der Waals surface area contributed by atoms with Gasteiger partial charge in [0.25, 0.3) is 0 Å². The number of ether oxygens (including phenoxy) is 3. The van der Waals surface area contributed by atoms with Crippen LogP contribution in [0.3, 0.4) is 0 Å². The zero-order valence-electron chi connectivity index (χ0n) is 20.3. The minimum absolute atomic E-state index is 0.0492. The SMILES string of the molecule is O=C(Nc1cc(C(F)(F)F)ccc1OC1COC1)N[C@H]1CC[C@H](Oc2nccc(-c3cccnc3)n2)CC1. The number of anilines is 1. The lowest BCUT2D eigenvalue weighted by Gasteiger charge is -2.29. The molecule has 1 aliphatic carbocycles. The Morgan fingerprint density at radius 2 is 1.82 bits per heavy atom. The summed E-state index contributed by atoms with van der Waals surface area (Å²) >= 11 is 0. The first-order valence-corrected chi connectivity index (χ1v) is 12.3. The van der Waals surface area contributed by atoms with Crippen molar-refractivity contribution in [3.05, 3.63) is 60.6 Å². The van der Waals surface area contributed by atoms with E-state index in [2.05, 4.69) is 25.6 Å². The van der Waals surface area contributed by atoms with Gasteiger partial charge in [-0.05, 0) is 62.1 Å². The molecule has 1 aliphatic heterocycles. The third kappa shape index (κ3) is 6.49. The molecule has 200 valence electrons. The van der Waals surface area contributed by atoms with Crippen molar-refractivity contribution >= 4 is 11.7 Å². The molecule has 3 heterocycles. The third-order valence-electron chi connectivity index (χ3n) is 6.33. The molecule has 9 nitrogen and oxygen atoms in total. The quantitative estimate of drug-likeness (QED) is 0.451. The van der Waals surface area contributed by atoms with Crippen molar-refractivity contribution in [3.8, 4) is 23.0 Å². The Labute approximate surface area is 216 Å². The maximum atomic E-state index is 13.2. The standard InChI is InChI=1S/C26H26F3N5O4/c27-26(28,29)17-3-8-23(37-20-14-36-15-20)22(12-17)33-24(35)32-18-4-6-19(7-5-18)38-25-31-11-9-21(34-25)16-2-1-10-30-13-16/h1-3,8-13,18-20H,4-7,14-15H2,(H2,32,33,35)/t18-,19-. The van der Waals surface area contributed by atoms with Crippen molar-refractivity contribution in [1.82, 2.24) is 20.3 Å². The fourth-order valence-corrected chi connectivity index (χ4v) is 4.26. The number of rotatable bonds is 7. The molecular weight excluding hydrogens is 503 g/mol. The number of nitrogens with one attached hydrogen (secondary N) is 2. The molecule has 1 aromatic carbocycles. The van der Waals surface area contributed by atoms with Crippen LogP contribution in [0.15, 0.2) is 55.0 Å². The van der Waals surface area contributed by atoms with Gasteiger partial charge in [-0.2, -0.15) is 18.2 Å². The molecule has 0 spiro atoms. The average molecular weight is 530 g/mol. The highest BCUT2D eigenvalue weighted by Gasteiger charge is 2.32. The Morgan fingerprint density at radius 3 is 2.50 bits per heavy atom. The van der Waals surface area contributed by atoms with Crippen molar-refractivity contribution in [2.24, 2.45) is 0 Å². The molecule has 0 atom stereocenters. The van der Waals surface area contributed by atoms with Crippen LogP contribution in [0, 0.1) is 0 Å². The van der Waals surface area contributed by atoms with E-state index in [1.54, 1.807) is 24.7 Å². The Morgan fingerprint density at radius 1 is 1.00 bits per heavy atom. The van der Waals surface area contributed by atoms with E-state index in [1.165, 1.54) is 6.07 Å². The summed E-state index contributed by atoms with van der Waals surface area (Å²) in [5, 5.41) is 5.37. The fourth-order valence-electron chi connectivity index (χ4n) is 4.26. The molecule has 2 amide bonds. The van der Waals surface area contributed by atoms with Crippen LogP contribution >= 0.6 is 0 Å². The predicted octanol–water partition coefficient (Wildman–Crippen LogP) is 4.85. The molecule has 2 N–H and O–H groups in total. The van der Waals surface area contributed by atoms with Gasteiger partial charge in [-0.3, -0.25) is 4.98 Å². The normalized spacial score (nSPS) is 19.8. The van der Waals surface area contributed by atoms with E-state index in [9.17, 15) is 18.0 Å². The lowest BCUT2D eigenvalue weighted by Crippen LogP contribution is -2.42. The van der Waals surface area contributed by atoms with Gasteiger partial charge in [0.05, 0.1) is 30.2 Å². The van der Waals surface area contributed by atoms with E-state index in [0.717, 1.165) is 17.7 Å². The predicted molar refractivity (Wildman–Crippen MR) is 131 cm³/mol. The summed E-state index contributed by atoms with van der Waals surface area (Å²) in [6, 6.07) is 8.03. The van der Waals surface area contributed by atoms with E-state index >= 15 is 0 Å². The number of aromatic nitrogens is 3. The van der Waals surface area contributed by atoms with Crippen LogP contribution < -0.4 is 20.1 Å². The number of pyridine rings is 1. The number of urea groups is 1. The number of halogens is 3. The summed E-state index contributed by atoms with van der Waals surface area (Å²) < 4.78 is 56.4. The maximum absolute atomic E-state index is 13.2. The molecular formula is C26H26F3N5O4. The number of alkyl halides is 3. The molecule has 0 bridgehead atoms. The lowest BCUT2D eigenvalue weighted by molar-refractivity contribution is -0.137. The second kappa shape index (κ2) is 11.2. The molecule has 3 aromatic rings. The average Bonchev–Trinajstić information content (AvgIpc) is 2.88. The molecule has 12 heteroatoms. The van der Waals surface area contributed by atoms with Gasteiger partial charge in [-0.15, -0.1) is 0 Å². The smallest absolute Gasteiger partial charge is 0.416 e. The van der Waals surface area contributed by atoms with Crippen molar-refractivity contribution in [1.29, 1.82) is 0 Å². The van der Waals surface area contributed by atoms with Gasteiger partial charge in [0.2, 0.25) is 0 Å². The van der Waals surface area contributed by atoms with E-state index < -0.39 is 17.8 Å². The topological polar surface area (TPSA) is 107 Å². The van der Waals surface area contributed by atoms with E-state index in [0.29, 0.717) is 44.6 Å². The number of nitrogens with zero attached hydrogens (tertiary/aromatic N) is 3. The van der Waals surface area contributed by atoms with Crippen LogP contribution in [0.2, 0.25) is 0 Å². The lowest BCUT2D eigenvalue weighted by atomic mass is 9.93. The highest BCUT2D eigenvalue weighted by molar-refractivity contribution is 5.91. The largest absolute Gasteiger partial charge is 0.483 e. The first kappa shape index (κ1) is 25.7. The second-order valence-electron chi connectivity index (χ2n) is 9.14. The van der Waals surface area contributed by atoms with Gasteiger partial charge >= 0.3 is 18.2 Å². The summed E-state index contributed by atoms with van der Waals surface area (Å²) in [7, 11) is 0. The van der Waals surface area contributed by atoms with Gasteiger partial charge in [0.1, 0.15) is 18.0 Å². The van der Waals surface area contributed by atoms with Gasteiger partial charge in [0.15, 0.2) is 0 Å². The van der Waals surface area contributed by atoms with Crippen molar-refractivity contribution in [3.63, 3.8) is 0 Å². The van der Waals surface area contributed by atoms with Crippen LogP contribution in [-0.2, 0) is 10.9 Å². The highest BCUT2D eigenvalue weighted by Crippen LogP contribution is 2.36. The first-order chi connectivity index (χ1) is 18.3. The minimum Gasteiger partial charge on any atom is -0.483 e. The van der Waals surface area contributed by atoms with Crippen LogP contribution in [-0.4, -0.2) is 52.4 Å². The number of carbonyl (C=O) groups is 1. The molecule has 5 rings (SSSR count). The summed E-state index contributed by atoms with van der Waals surface area (Å²) in [5.74, 6) is 0.159. The summed E-state index contributed by atoms with van der Waals surface area (Å²) in [5.41, 5.74) is 0.635. The van der Waals surface area contributed by atoms with Crippen LogP contribution in [0.4, 0.5) is 23.7 Å². The minimum atomic E-state index is -4.55. The zero-order valence-corrected chi connectivity index (χ0v) is 20.3. The summed E-state index contributed by atoms with van der Waals surface area (Å²) in [4.78, 5) is 25.4. The summed E-state index contributed by atoms with van der Waals surface area (Å²) in [6.45, 7) is 0.688. The molecule has 2 aliphatic rings. The van der Waals surface area contributed by atoms with Gasteiger partial charge in [-0.1, -0.05) is 0 Å². The molecule has 1 saturated heterocycles. The number of carbonyl (C=O) groups excluding carboxylic acids is 1. The van der Waals surface area contributed by atoms with Crippen molar-refractivity contribution in [2.45, 2.75) is 50.1 Å². The molecule has 0 radical (unpaired) electrons. The van der Waals surface area contributed by atoms with Crippen LogP contribution in [0.1, 0.15) is 31.2 Å². The highest BCUT2D eigenvalue weighted by atomic mass is 19.4. The first-order valence-electron chi connectivity index (χ1n) is 12.3. The number of amides is 2. The Hall–Kier alpha value is -3.93. The van der Waals surface area contributed by atoms with E-state index in [4.69, 9.17) is 14.2 Å². The molecule has 0 unspecified atom stereocenters. The second-order valence-corrected chi connectivity index (χ2v) is 9.14. The Balaban J connectivity index is 1.15. The van der Waals surface area contributed by atoms with Gasteiger partial charge in [0, 0.05) is 30.2 Å². The summed E-state index contributed by atoms with van der Waals surface area (Å²) in [6.07, 6.45) is 2.67. The molecule has 1 saturated carbocycles. The number of hydrogen-bond donors (Lipinski definition) is 2. The molecule has 38 heavy (non-hydrogen) atoms. The molecule has 2 aromatic heterocycles. The molecule has 2 fully saturated rings. The fraction of sp³-hybridized carbons (Fsp3) is 0.385. The third-order valence-corrected chi connectivity index (χ3v) is 6.33. The van der Waals surface area contributed by atoms with E-state index in [1.807, 2.05) is 12.1 Å². The van der Waals surface area contributed by atoms with Crippen LogP contribution in [0.5, 0.6) is 11.8 Å². The van der Waals surface area contributed by atoms with Crippen molar-refractivity contribution in [2.75, 3.05) is 18.5 Å². The van der Waals surface area contributed by atoms with Crippen molar-refractivity contribution < 1.29 is 32.2 Å². The Bertz CT molecular complexity index is 1250. The number of benzene rings is 1. The van der Waals surface area contributed by atoms with Gasteiger partial charge < -0.3 is 24.8 Å².